The molecule has 1 aliphatic heterocycles. The van der Waals surface area contributed by atoms with Crippen LogP contribution >= 0.6 is 0 Å². The van der Waals surface area contributed by atoms with Crippen LogP contribution in [0.5, 0.6) is 0 Å². The van der Waals surface area contributed by atoms with Crippen molar-refractivity contribution < 1.29 is 19.0 Å². The molecule has 0 saturated carbocycles. The lowest BCUT2D eigenvalue weighted by Gasteiger charge is -2.31. The van der Waals surface area contributed by atoms with E-state index in [9.17, 15) is 4.79 Å². The van der Waals surface area contributed by atoms with Gasteiger partial charge in [-0.15, -0.1) is 0 Å². The summed E-state index contributed by atoms with van der Waals surface area (Å²) in [5.74, 6) is -0.834. The van der Waals surface area contributed by atoms with Crippen LogP contribution in [0.15, 0.2) is 28.8 Å². The molecule has 0 fully saturated rings. The number of ether oxygens (including phenoxy) is 3. The topological polar surface area (TPSA) is 57.1 Å². The highest BCUT2D eigenvalue weighted by Crippen LogP contribution is 2.32. The summed E-state index contributed by atoms with van der Waals surface area (Å²) in [5.41, 5.74) is 0.207. The molecule has 0 aromatic carbocycles. The molecule has 0 bridgehead atoms. The van der Waals surface area contributed by atoms with E-state index in [1.54, 1.807) is 6.08 Å². The molecule has 2 rings (SSSR count). The first-order chi connectivity index (χ1) is 8.42. The van der Waals surface area contributed by atoms with Gasteiger partial charge in [-0.25, -0.2) is 4.99 Å². The van der Waals surface area contributed by atoms with Crippen molar-refractivity contribution in [1.82, 2.24) is 0 Å². The number of allylic oxidation sites excluding steroid dienone is 2. The molecule has 0 saturated heterocycles. The van der Waals surface area contributed by atoms with Crippen LogP contribution in [0.1, 0.15) is 13.8 Å². The maximum Gasteiger partial charge on any atom is 0.220 e. The van der Waals surface area contributed by atoms with Crippen molar-refractivity contribution >= 4 is 11.7 Å². The highest BCUT2D eigenvalue weighted by atomic mass is 16.7. The van der Waals surface area contributed by atoms with Gasteiger partial charge in [0.1, 0.15) is 6.61 Å². The minimum Gasteiger partial charge on any atom is -0.475 e. The summed E-state index contributed by atoms with van der Waals surface area (Å²) in [7, 11) is 3.02. The molecule has 0 spiro atoms. The van der Waals surface area contributed by atoms with Crippen LogP contribution < -0.4 is 0 Å². The Morgan fingerprint density at radius 2 is 2.00 bits per heavy atom. The number of hydrogen-bond donors (Lipinski definition) is 0. The largest absolute Gasteiger partial charge is 0.475 e. The van der Waals surface area contributed by atoms with E-state index < -0.39 is 5.79 Å². The molecule has 18 heavy (non-hydrogen) atoms. The number of ketones is 1. The van der Waals surface area contributed by atoms with Crippen LogP contribution in [0.3, 0.4) is 0 Å². The van der Waals surface area contributed by atoms with Crippen molar-refractivity contribution in [3.63, 3.8) is 0 Å². The Bertz CT molecular complexity index is 456. The van der Waals surface area contributed by atoms with Gasteiger partial charge in [0, 0.05) is 14.2 Å². The molecule has 0 aromatic heterocycles. The molecule has 0 radical (unpaired) electrons. The Morgan fingerprint density at radius 3 is 2.50 bits per heavy atom. The molecule has 5 nitrogen and oxygen atoms in total. The van der Waals surface area contributed by atoms with Crippen LogP contribution in [0.4, 0.5) is 0 Å². The molecule has 0 atom stereocenters. The summed E-state index contributed by atoms with van der Waals surface area (Å²) in [5, 5.41) is 0. The minimum atomic E-state index is -1.10. The van der Waals surface area contributed by atoms with E-state index in [1.165, 1.54) is 26.4 Å². The van der Waals surface area contributed by atoms with Gasteiger partial charge in [-0.2, -0.15) is 0 Å². The smallest absolute Gasteiger partial charge is 0.220 e. The molecule has 0 amide bonds. The molecule has 0 unspecified atom stereocenters. The number of nitrogens with zero attached hydrogens (tertiary/aromatic N) is 1. The van der Waals surface area contributed by atoms with E-state index in [0.717, 1.165) is 0 Å². The number of aliphatic imine (C=N–C) groups is 1. The first-order valence-corrected chi connectivity index (χ1v) is 5.71. The van der Waals surface area contributed by atoms with Crippen molar-refractivity contribution in [2.75, 3.05) is 20.8 Å². The molecular weight excluding hydrogens is 234 g/mol. The lowest BCUT2D eigenvalue weighted by atomic mass is 9.98. The van der Waals surface area contributed by atoms with Gasteiger partial charge in [-0.1, -0.05) is 0 Å². The summed E-state index contributed by atoms with van der Waals surface area (Å²) in [6.07, 6.45) is 4.42. The monoisotopic (exact) mass is 251 g/mol. The SMILES string of the molecule is COC1(OC)C=CC(=O)C=C1C1=NC(C)(C)CO1. The second kappa shape index (κ2) is 4.33. The van der Waals surface area contributed by atoms with E-state index in [0.29, 0.717) is 18.1 Å². The Kier molecular flexibility index (Phi) is 3.12. The first kappa shape index (κ1) is 13.0. The average Bonchev–Trinajstić information content (AvgIpc) is 2.70. The second-order valence-corrected chi connectivity index (χ2v) is 4.89. The van der Waals surface area contributed by atoms with Gasteiger partial charge < -0.3 is 14.2 Å². The van der Waals surface area contributed by atoms with Crippen LogP contribution in [-0.4, -0.2) is 43.8 Å². The first-order valence-electron chi connectivity index (χ1n) is 5.71. The highest BCUT2D eigenvalue weighted by molar-refractivity contribution is 6.09. The number of carbonyl (C=O) groups excluding carboxylic acids is 1. The maximum absolute atomic E-state index is 11.5. The van der Waals surface area contributed by atoms with Gasteiger partial charge in [0.05, 0.1) is 11.1 Å². The summed E-state index contributed by atoms with van der Waals surface area (Å²) in [6.45, 7) is 4.39. The standard InChI is InChI=1S/C13H17NO4/c1-12(2)8-18-11(14-12)10-7-9(15)5-6-13(10,16-3)17-4/h5-7H,8H2,1-4H3. The third-order valence-corrected chi connectivity index (χ3v) is 2.93. The normalized spacial score (nSPS) is 24.6. The number of hydrogen-bond acceptors (Lipinski definition) is 5. The lowest BCUT2D eigenvalue weighted by molar-refractivity contribution is -0.141. The molecule has 0 N–H and O–H groups in total. The highest BCUT2D eigenvalue weighted by Gasteiger charge is 2.41. The van der Waals surface area contributed by atoms with Gasteiger partial charge in [0.2, 0.25) is 11.7 Å². The van der Waals surface area contributed by atoms with Crippen LogP contribution in [0.2, 0.25) is 0 Å². The number of methoxy groups -OCH3 is 2. The van der Waals surface area contributed by atoms with Crippen molar-refractivity contribution in [2.45, 2.75) is 25.2 Å². The molecule has 2 aliphatic rings. The third kappa shape index (κ3) is 2.11. The number of carbonyl (C=O) groups is 1. The van der Waals surface area contributed by atoms with Gasteiger partial charge >= 0.3 is 0 Å². The van der Waals surface area contributed by atoms with E-state index >= 15 is 0 Å². The average molecular weight is 251 g/mol. The van der Waals surface area contributed by atoms with E-state index in [2.05, 4.69) is 4.99 Å². The molecule has 1 heterocycles. The van der Waals surface area contributed by atoms with Gasteiger partial charge in [0.15, 0.2) is 5.78 Å². The molecule has 1 aliphatic carbocycles. The predicted octanol–water partition coefficient (Wildman–Crippen LogP) is 1.25. The maximum atomic E-state index is 11.5. The fourth-order valence-electron chi connectivity index (χ4n) is 1.95. The Balaban J connectivity index is 2.43. The Hall–Kier alpha value is -1.46. The molecule has 98 valence electrons. The fraction of sp³-hybridized carbons (Fsp3) is 0.538. The van der Waals surface area contributed by atoms with Gasteiger partial charge in [0.25, 0.3) is 0 Å². The summed E-state index contributed by atoms with van der Waals surface area (Å²) in [4.78, 5) is 16.0. The van der Waals surface area contributed by atoms with E-state index in [4.69, 9.17) is 14.2 Å². The zero-order valence-electron chi connectivity index (χ0n) is 11.0. The Morgan fingerprint density at radius 1 is 1.33 bits per heavy atom. The second-order valence-electron chi connectivity index (χ2n) is 4.89. The van der Waals surface area contributed by atoms with Crippen molar-refractivity contribution in [2.24, 2.45) is 4.99 Å². The Labute approximate surface area is 106 Å². The predicted molar refractivity (Wildman–Crippen MR) is 66.4 cm³/mol. The minimum absolute atomic E-state index is 0.134. The van der Waals surface area contributed by atoms with E-state index in [-0.39, 0.29) is 11.3 Å². The summed E-state index contributed by atoms with van der Waals surface area (Å²) >= 11 is 0. The van der Waals surface area contributed by atoms with Gasteiger partial charge in [-0.05, 0) is 32.1 Å². The van der Waals surface area contributed by atoms with E-state index in [1.807, 2.05) is 13.8 Å². The summed E-state index contributed by atoms with van der Waals surface area (Å²) < 4.78 is 16.3. The third-order valence-electron chi connectivity index (χ3n) is 2.93. The van der Waals surface area contributed by atoms with Crippen molar-refractivity contribution in [3.05, 3.63) is 23.8 Å². The zero-order valence-corrected chi connectivity index (χ0v) is 11.0. The lowest BCUT2D eigenvalue weighted by Crippen LogP contribution is -2.39. The number of rotatable bonds is 3. The summed E-state index contributed by atoms with van der Waals surface area (Å²) in [6, 6.07) is 0. The zero-order chi connectivity index (χ0) is 13.4. The van der Waals surface area contributed by atoms with Crippen molar-refractivity contribution in [1.29, 1.82) is 0 Å². The quantitative estimate of drug-likeness (QED) is 0.708. The molecule has 5 heteroatoms. The fourth-order valence-corrected chi connectivity index (χ4v) is 1.95. The van der Waals surface area contributed by atoms with Crippen LogP contribution in [0.25, 0.3) is 0 Å². The van der Waals surface area contributed by atoms with Crippen LogP contribution in [-0.2, 0) is 19.0 Å². The van der Waals surface area contributed by atoms with Crippen molar-refractivity contribution in [3.8, 4) is 0 Å². The van der Waals surface area contributed by atoms with Crippen LogP contribution in [0, 0.1) is 0 Å². The molecule has 0 aromatic rings. The molecular formula is C13H17NO4. The van der Waals surface area contributed by atoms with Gasteiger partial charge in [-0.3, -0.25) is 4.79 Å².